The highest BCUT2D eigenvalue weighted by Crippen LogP contribution is 2.29. The summed E-state index contributed by atoms with van der Waals surface area (Å²) in [5.74, 6) is 0.149. The predicted molar refractivity (Wildman–Crippen MR) is 91.0 cm³/mol. The molecule has 2 fully saturated rings. The Kier molecular flexibility index (Phi) is 4.08. The van der Waals surface area contributed by atoms with E-state index >= 15 is 0 Å². The molecule has 0 bridgehead atoms. The van der Waals surface area contributed by atoms with Crippen LogP contribution in [0.4, 0.5) is 4.79 Å². The lowest BCUT2D eigenvalue weighted by molar-refractivity contribution is 0.157. The van der Waals surface area contributed by atoms with Gasteiger partial charge in [-0.15, -0.1) is 0 Å². The number of nitrogens with zero attached hydrogens (tertiary/aromatic N) is 4. The molecule has 0 aromatic heterocycles. The number of urea groups is 1. The summed E-state index contributed by atoms with van der Waals surface area (Å²) in [5.41, 5.74) is 0.596. The molecule has 3 rings (SSSR count). The van der Waals surface area contributed by atoms with E-state index in [-0.39, 0.29) is 24.1 Å². The van der Waals surface area contributed by atoms with Crippen molar-refractivity contribution >= 4 is 29.6 Å². The lowest BCUT2D eigenvalue weighted by Gasteiger charge is -2.25. The first kappa shape index (κ1) is 15.5. The van der Waals surface area contributed by atoms with Gasteiger partial charge in [0.1, 0.15) is 11.9 Å². The fourth-order valence-electron chi connectivity index (χ4n) is 2.96. The van der Waals surface area contributed by atoms with Gasteiger partial charge in [0.05, 0.1) is 6.21 Å². The van der Waals surface area contributed by atoms with Crippen molar-refractivity contribution in [1.82, 2.24) is 20.1 Å². The normalized spacial score (nSPS) is 23.8. The van der Waals surface area contributed by atoms with Crippen molar-refractivity contribution in [2.24, 2.45) is 5.10 Å². The van der Waals surface area contributed by atoms with Crippen LogP contribution < -0.4 is 5.32 Å². The monoisotopic (exact) mass is 333 g/mol. The zero-order valence-electron chi connectivity index (χ0n) is 13.0. The number of fused-ring (bicyclic) bond motifs is 1. The summed E-state index contributed by atoms with van der Waals surface area (Å²) in [6.45, 7) is 5.04. The number of thiocarbonyl (C=S) groups is 1. The van der Waals surface area contributed by atoms with Crippen LogP contribution in [0.2, 0.25) is 0 Å². The molecule has 1 aromatic carbocycles. The van der Waals surface area contributed by atoms with Gasteiger partial charge in [-0.3, -0.25) is 4.90 Å². The summed E-state index contributed by atoms with van der Waals surface area (Å²) < 4.78 is 0. The number of rotatable bonds is 4. The van der Waals surface area contributed by atoms with Gasteiger partial charge in [0, 0.05) is 18.7 Å². The number of carbonyl (C=O) groups excluding carboxylic acids is 1. The smallest absolute Gasteiger partial charge is 0.323 e. The second-order valence-corrected chi connectivity index (χ2v) is 5.70. The van der Waals surface area contributed by atoms with Crippen molar-refractivity contribution in [1.29, 1.82) is 0 Å². The number of likely N-dealkylation sites (N-methyl/N-ethyl adjacent to an activating group) is 2. The number of hydrogen-bond acceptors (Lipinski definition) is 4. The summed E-state index contributed by atoms with van der Waals surface area (Å²) in [7, 11) is 0. The quantitative estimate of drug-likeness (QED) is 0.643. The third-order valence-electron chi connectivity index (χ3n) is 4.10. The number of nitrogens with one attached hydrogen (secondary N) is 1. The van der Waals surface area contributed by atoms with Crippen molar-refractivity contribution in [2.75, 3.05) is 13.1 Å². The lowest BCUT2D eigenvalue weighted by atomic mass is 10.2. The Balaban J connectivity index is 1.89. The van der Waals surface area contributed by atoms with Crippen molar-refractivity contribution < 1.29 is 9.90 Å². The number of carbonyl (C=O) groups is 1. The minimum absolute atomic E-state index is 0.0252. The first-order chi connectivity index (χ1) is 11.1. The highest BCUT2D eigenvalue weighted by Gasteiger charge is 2.53. The second-order valence-electron chi connectivity index (χ2n) is 5.31. The summed E-state index contributed by atoms with van der Waals surface area (Å²) in [4.78, 5) is 15.9. The number of phenols is 1. The van der Waals surface area contributed by atoms with Crippen molar-refractivity contribution in [3.05, 3.63) is 29.8 Å². The molecule has 2 aliphatic rings. The van der Waals surface area contributed by atoms with Gasteiger partial charge in [0.15, 0.2) is 11.3 Å². The molecule has 1 aromatic rings. The fraction of sp³-hybridized carbons (Fsp3) is 0.400. The Bertz CT molecular complexity index is 665. The zero-order valence-corrected chi connectivity index (χ0v) is 13.8. The van der Waals surface area contributed by atoms with Crippen molar-refractivity contribution in [3.8, 4) is 5.75 Å². The molecule has 2 aliphatic heterocycles. The van der Waals surface area contributed by atoms with E-state index in [0.29, 0.717) is 23.8 Å². The molecule has 8 heteroatoms. The highest BCUT2D eigenvalue weighted by atomic mass is 32.1. The Hall–Kier alpha value is -2.35. The molecule has 2 atom stereocenters. The lowest BCUT2D eigenvalue weighted by Crippen LogP contribution is -2.43. The van der Waals surface area contributed by atoms with Crippen LogP contribution in [-0.2, 0) is 0 Å². The van der Waals surface area contributed by atoms with Crippen LogP contribution in [0.5, 0.6) is 5.75 Å². The van der Waals surface area contributed by atoms with E-state index < -0.39 is 0 Å². The number of amides is 2. The molecule has 2 saturated heterocycles. The van der Waals surface area contributed by atoms with E-state index in [2.05, 4.69) is 10.4 Å². The molecule has 23 heavy (non-hydrogen) atoms. The summed E-state index contributed by atoms with van der Waals surface area (Å²) in [5, 5.41) is 19.5. The number of para-hydroxylation sites is 1. The van der Waals surface area contributed by atoms with E-state index in [4.69, 9.17) is 12.2 Å². The summed E-state index contributed by atoms with van der Waals surface area (Å²) in [6.07, 6.45) is 1.07. The number of phenolic OH excluding ortho intramolecular Hbond substituents is 1. The van der Waals surface area contributed by atoms with Crippen LogP contribution in [0, 0.1) is 0 Å². The molecule has 0 radical (unpaired) electrons. The van der Waals surface area contributed by atoms with Crippen molar-refractivity contribution in [3.63, 3.8) is 0 Å². The van der Waals surface area contributed by atoms with Crippen molar-refractivity contribution in [2.45, 2.75) is 26.2 Å². The van der Waals surface area contributed by atoms with Crippen LogP contribution >= 0.6 is 12.2 Å². The third-order valence-corrected chi connectivity index (χ3v) is 4.40. The van der Waals surface area contributed by atoms with Gasteiger partial charge < -0.3 is 15.3 Å². The Morgan fingerprint density at radius 1 is 1.30 bits per heavy atom. The molecule has 2 N–H and O–H groups in total. The van der Waals surface area contributed by atoms with Crippen LogP contribution in [0.3, 0.4) is 0 Å². The molecule has 7 nitrogen and oxygen atoms in total. The van der Waals surface area contributed by atoms with E-state index in [1.807, 2.05) is 19.9 Å². The summed E-state index contributed by atoms with van der Waals surface area (Å²) >= 11 is 5.36. The van der Waals surface area contributed by atoms with Crippen LogP contribution in [0.15, 0.2) is 29.4 Å². The SMILES string of the molecule is CCN1C(=O)N(CC)[C@H]2[C@H]1NC(=S)N2/N=C\c1ccccc1O. The topological polar surface area (TPSA) is 71.4 Å². The van der Waals surface area contributed by atoms with Gasteiger partial charge in [-0.2, -0.15) is 5.10 Å². The zero-order chi connectivity index (χ0) is 16.6. The maximum Gasteiger partial charge on any atom is 0.323 e. The average Bonchev–Trinajstić information content (AvgIpc) is 2.98. The van der Waals surface area contributed by atoms with Gasteiger partial charge >= 0.3 is 6.03 Å². The molecule has 2 heterocycles. The highest BCUT2D eigenvalue weighted by molar-refractivity contribution is 7.80. The van der Waals surface area contributed by atoms with E-state index in [0.717, 1.165) is 0 Å². The molecule has 2 amide bonds. The molecular weight excluding hydrogens is 314 g/mol. The fourth-order valence-corrected chi connectivity index (χ4v) is 3.23. The standard InChI is InChI=1S/C15H19N5O2S/c1-3-18-12-13(19(4-2)15(18)22)20(14(23)17-12)16-9-10-7-5-6-8-11(10)21/h5-9,12-13,21H,3-4H2,1-2H3,(H,17,23)/b16-9-/t12-,13+/m0/s1. The first-order valence-electron chi connectivity index (χ1n) is 7.57. The molecule has 0 spiro atoms. The van der Waals surface area contributed by atoms with Gasteiger partial charge in [0.25, 0.3) is 0 Å². The van der Waals surface area contributed by atoms with Gasteiger partial charge in [0.2, 0.25) is 0 Å². The van der Waals surface area contributed by atoms with Crippen LogP contribution in [0.1, 0.15) is 19.4 Å². The van der Waals surface area contributed by atoms with Crippen LogP contribution in [0.25, 0.3) is 0 Å². The Morgan fingerprint density at radius 2 is 2.00 bits per heavy atom. The predicted octanol–water partition coefficient (Wildman–Crippen LogP) is 1.35. The number of benzene rings is 1. The number of hydrazone groups is 1. The second kappa shape index (κ2) is 6.04. The van der Waals surface area contributed by atoms with E-state index in [1.165, 1.54) is 0 Å². The van der Waals surface area contributed by atoms with Crippen LogP contribution in [-0.4, -0.2) is 62.7 Å². The molecular formula is C15H19N5O2S. The Labute approximate surface area is 140 Å². The molecule has 0 saturated carbocycles. The minimum Gasteiger partial charge on any atom is -0.507 e. The number of hydrogen-bond donors (Lipinski definition) is 2. The number of aromatic hydroxyl groups is 1. The van der Waals surface area contributed by atoms with Gasteiger partial charge in [-0.25, -0.2) is 9.80 Å². The largest absolute Gasteiger partial charge is 0.507 e. The molecule has 122 valence electrons. The minimum atomic E-state index is -0.276. The molecule has 0 aliphatic carbocycles. The van der Waals surface area contributed by atoms with Gasteiger partial charge in [-0.05, 0) is 38.2 Å². The summed E-state index contributed by atoms with van der Waals surface area (Å²) in [6, 6.07) is 6.90. The van der Waals surface area contributed by atoms with Gasteiger partial charge in [-0.1, -0.05) is 12.1 Å². The average molecular weight is 333 g/mol. The first-order valence-corrected chi connectivity index (χ1v) is 7.98. The maximum absolute atomic E-state index is 12.4. The third kappa shape index (κ3) is 2.48. The maximum atomic E-state index is 12.4. The van der Waals surface area contributed by atoms with E-state index in [1.54, 1.807) is 39.2 Å². The molecule has 0 unspecified atom stereocenters. The Morgan fingerprint density at radius 3 is 2.65 bits per heavy atom. The van der Waals surface area contributed by atoms with E-state index in [9.17, 15) is 9.90 Å².